The highest BCUT2D eigenvalue weighted by atomic mass is 16.6. The molecular weight excluding hydrogens is 172 g/mol. The van der Waals surface area contributed by atoms with Crippen molar-refractivity contribution >= 4 is 0 Å². The first-order valence-corrected chi connectivity index (χ1v) is 6.54. The summed E-state index contributed by atoms with van der Waals surface area (Å²) in [6, 6.07) is 0. The van der Waals surface area contributed by atoms with Crippen molar-refractivity contribution in [2.75, 3.05) is 0 Å². The van der Waals surface area contributed by atoms with Crippen LogP contribution >= 0.6 is 0 Å². The molecule has 1 saturated heterocycles. The molecule has 1 fully saturated rings. The van der Waals surface area contributed by atoms with Gasteiger partial charge < -0.3 is 4.74 Å². The van der Waals surface area contributed by atoms with Crippen molar-refractivity contribution in [2.45, 2.75) is 83.8 Å². The van der Waals surface area contributed by atoms with Gasteiger partial charge in [-0.1, -0.05) is 58.8 Å². The molecule has 0 N–H and O–H groups in total. The van der Waals surface area contributed by atoms with E-state index in [9.17, 15) is 0 Å². The molecule has 0 radical (unpaired) electrons. The van der Waals surface area contributed by atoms with E-state index < -0.39 is 0 Å². The Morgan fingerprint density at radius 1 is 0.714 bits per heavy atom. The maximum atomic E-state index is 5.59. The van der Waals surface area contributed by atoms with E-state index in [0.29, 0.717) is 12.2 Å². The van der Waals surface area contributed by atoms with Crippen LogP contribution in [0.5, 0.6) is 0 Å². The lowest BCUT2D eigenvalue weighted by Gasteiger charge is -1.98. The predicted molar refractivity (Wildman–Crippen MR) is 61.6 cm³/mol. The molecule has 1 rings (SSSR count). The van der Waals surface area contributed by atoms with Crippen LogP contribution in [0.2, 0.25) is 0 Å². The van der Waals surface area contributed by atoms with E-state index in [0.717, 1.165) is 0 Å². The Labute approximate surface area is 89.2 Å². The number of epoxide rings is 1. The van der Waals surface area contributed by atoms with Crippen molar-refractivity contribution in [2.24, 2.45) is 0 Å². The average Bonchev–Trinajstić information content (AvgIpc) is 2.91. The molecule has 0 amide bonds. The molecule has 0 aromatic carbocycles. The van der Waals surface area contributed by atoms with E-state index in [2.05, 4.69) is 13.8 Å². The zero-order valence-corrected chi connectivity index (χ0v) is 9.93. The van der Waals surface area contributed by atoms with Crippen LogP contribution < -0.4 is 0 Å². The summed E-state index contributed by atoms with van der Waals surface area (Å²) < 4.78 is 5.59. The smallest absolute Gasteiger partial charge is 0.0841 e. The second-order valence-corrected chi connectivity index (χ2v) is 4.56. The van der Waals surface area contributed by atoms with E-state index >= 15 is 0 Å². The van der Waals surface area contributed by atoms with Gasteiger partial charge in [0.1, 0.15) is 0 Å². The summed E-state index contributed by atoms with van der Waals surface area (Å²) in [4.78, 5) is 0. The minimum absolute atomic E-state index is 0.635. The fourth-order valence-corrected chi connectivity index (χ4v) is 2.10. The standard InChI is InChI=1S/C13H26O/c1-3-5-6-7-8-9-11-13-12(14-13)10-4-2/h12-13H,3-11H2,1-2H3/t12-,13+/m1/s1. The van der Waals surface area contributed by atoms with Gasteiger partial charge in [0.2, 0.25) is 0 Å². The third kappa shape index (κ3) is 4.99. The summed E-state index contributed by atoms with van der Waals surface area (Å²) in [5.74, 6) is 0. The molecule has 0 spiro atoms. The normalized spacial score (nSPS) is 25.3. The topological polar surface area (TPSA) is 12.5 Å². The van der Waals surface area contributed by atoms with Crippen LogP contribution in [0.3, 0.4) is 0 Å². The Bertz CT molecular complexity index is 133. The quantitative estimate of drug-likeness (QED) is 0.397. The highest BCUT2D eigenvalue weighted by Crippen LogP contribution is 2.30. The summed E-state index contributed by atoms with van der Waals surface area (Å²) >= 11 is 0. The molecule has 0 saturated carbocycles. The van der Waals surface area contributed by atoms with Gasteiger partial charge in [-0.2, -0.15) is 0 Å². The highest BCUT2D eigenvalue weighted by Gasteiger charge is 2.36. The number of ether oxygens (including phenoxy) is 1. The van der Waals surface area contributed by atoms with Gasteiger partial charge in [0.15, 0.2) is 0 Å². The third-order valence-corrected chi connectivity index (χ3v) is 3.10. The van der Waals surface area contributed by atoms with Crippen molar-refractivity contribution in [3.63, 3.8) is 0 Å². The van der Waals surface area contributed by atoms with Crippen molar-refractivity contribution < 1.29 is 4.74 Å². The molecule has 0 aromatic heterocycles. The number of rotatable bonds is 9. The van der Waals surface area contributed by atoms with E-state index in [1.165, 1.54) is 57.8 Å². The van der Waals surface area contributed by atoms with Crippen LogP contribution in [-0.4, -0.2) is 12.2 Å². The minimum Gasteiger partial charge on any atom is -0.370 e. The highest BCUT2D eigenvalue weighted by molar-refractivity contribution is 4.83. The van der Waals surface area contributed by atoms with Crippen LogP contribution in [0.4, 0.5) is 0 Å². The van der Waals surface area contributed by atoms with Crippen LogP contribution in [0.15, 0.2) is 0 Å². The molecular formula is C13H26O. The van der Waals surface area contributed by atoms with Gasteiger partial charge >= 0.3 is 0 Å². The van der Waals surface area contributed by atoms with Gasteiger partial charge in [0.25, 0.3) is 0 Å². The van der Waals surface area contributed by atoms with Gasteiger partial charge in [0, 0.05) is 0 Å². The first kappa shape index (κ1) is 12.0. The SMILES string of the molecule is CCCCCCCC[C@@H]1O[C@@H]1CCC. The van der Waals surface area contributed by atoms with Crippen molar-refractivity contribution in [3.8, 4) is 0 Å². The summed E-state index contributed by atoms with van der Waals surface area (Å²) in [6.45, 7) is 4.51. The van der Waals surface area contributed by atoms with Crippen LogP contribution in [0, 0.1) is 0 Å². The lowest BCUT2D eigenvalue weighted by molar-refractivity contribution is 0.351. The fourth-order valence-electron chi connectivity index (χ4n) is 2.10. The molecule has 0 unspecified atom stereocenters. The molecule has 1 nitrogen and oxygen atoms in total. The largest absolute Gasteiger partial charge is 0.370 e. The van der Waals surface area contributed by atoms with Gasteiger partial charge in [-0.3, -0.25) is 0 Å². The number of hydrogen-bond donors (Lipinski definition) is 0. The molecule has 1 aliphatic heterocycles. The lowest BCUT2D eigenvalue weighted by Crippen LogP contribution is -1.93. The maximum absolute atomic E-state index is 5.59. The predicted octanol–water partition coefficient (Wildman–Crippen LogP) is 4.30. The van der Waals surface area contributed by atoms with E-state index in [-0.39, 0.29) is 0 Å². The Morgan fingerprint density at radius 2 is 1.36 bits per heavy atom. The molecule has 1 aliphatic rings. The summed E-state index contributed by atoms with van der Waals surface area (Å²) in [5.41, 5.74) is 0. The van der Waals surface area contributed by atoms with Crippen molar-refractivity contribution in [1.82, 2.24) is 0 Å². The van der Waals surface area contributed by atoms with Crippen LogP contribution in [0.1, 0.15) is 71.6 Å². The number of unbranched alkanes of at least 4 members (excludes halogenated alkanes) is 5. The molecule has 84 valence electrons. The Morgan fingerprint density at radius 3 is 2.07 bits per heavy atom. The molecule has 1 heterocycles. The van der Waals surface area contributed by atoms with Crippen LogP contribution in [-0.2, 0) is 4.74 Å². The maximum Gasteiger partial charge on any atom is 0.0841 e. The first-order chi connectivity index (χ1) is 6.88. The summed E-state index contributed by atoms with van der Waals surface area (Å²) in [5, 5.41) is 0. The van der Waals surface area contributed by atoms with Gasteiger partial charge in [-0.05, 0) is 12.8 Å². The molecule has 1 heteroatoms. The Hall–Kier alpha value is -0.0400. The molecule has 0 aromatic rings. The van der Waals surface area contributed by atoms with E-state index in [1.54, 1.807) is 0 Å². The molecule has 0 aliphatic carbocycles. The Kier molecular flexibility index (Phi) is 6.25. The van der Waals surface area contributed by atoms with Gasteiger partial charge in [0.05, 0.1) is 12.2 Å². The van der Waals surface area contributed by atoms with Crippen LogP contribution in [0.25, 0.3) is 0 Å². The minimum atomic E-state index is 0.635. The zero-order valence-electron chi connectivity index (χ0n) is 9.93. The third-order valence-electron chi connectivity index (χ3n) is 3.10. The number of hydrogen-bond acceptors (Lipinski definition) is 1. The van der Waals surface area contributed by atoms with Crippen molar-refractivity contribution in [1.29, 1.82) is 0 Å². The zero-order chi connectivity index (χ0) is 10.2. The first-order valence-electron chi connectivity index (χ1n) is 6.54. The molecule has 14 heavy (non-hydrogen) atoms. The Balaban J connectivity index is 1.77. The lowest BCUT2D eigenvalue weighted by atomic mass is 10.1. The second-order valence-electron chi connectivity index (χ2n) is 4.56. The fraction of sp³-hybridized carbons (Fsp3) is 1.00. The van der Waals surface area contributed by atoms with E-state index in [4.69, 9.17) is 4.74 Å². The average molecular weight is 198 g/mol. The van der Waals surface area contributed by atoms with Crippen molar-refractivity contribution in [3.05, 3.63) is 0 Å². The summed E-state index contributed by atoms with van der Waals surface area (Å²) in [7, 11) is 0. The van der Waals surface area contributed by atoms with Gasteiger partial charge in [-0.25, -0.2) is 0 Å². The molecule has 0 bridgehead atoms. The van der Waals surface area contributed by atoms with Gasteiger partial charge in [-0.15, -0.1) is 0 Å². The van der Waals surface area contributed by atoms with E-state index in [1.807, 2.05) is 0 Å². The molecule has 2 atom stereocenters. The summed E-state index contributed by atoms with van der Waals surface area (Å²) in [6.07, 6.45) is 13.6. The monoisotopic (exact) mass is 198 g/mol. The second kappa shape index (κ2) is 7.28.